The number of nitrogens with zero attached hydrogens (tertiary/aromatic N) is 3. The van der Waals surface area contributed by atoms with E-state index in [0.717, 1.165) is 49.8 Å². The van der Waals surface area contributed by atoms with Crippen molar-refractivity contribution < 1.29 is 18.0 Å². The molecule has 1 aliphatic rings. The first-order valence-electron chi connectivity index (χ1n) is 11.0. The quantitative estimate of drug-likeness (QED) is 0.354. The third-order valence-electron chi connectivity index (χ3n) is 6.15. The van der Waals surface area contributed by atoms with Gasteiger partial charge in [0.1, 0.15) is 5.82 Å². The van der Waals surface area contributed by atoms with E-state index in [1.54, 1.807) is 12.4 Å². The second kappa shape index (κ2) is 9.68. The van der Waals surface area contributed by atoms with E-state index < -0.39 is 11.7 Å². The van der Waals surface area contributed by atoms with Crippen LogP contribution in [0.5, 0.6) is 0 Å². The first kappa shape index (κ1) is 22.9. The van der Waals surface area contributed by atoms with Crippen LogP contribution in [0, 0.1) is 5.92 Å². The highest BCUT2D eigenvalue weighted by molar-refractivity contribution is 5.98. The molecule has 3 aromatic rings. The first-order valence-corrected chi connectivity index (χ1v) is 11.0. The van der Waals surface area contributed by atoms with Crippen molar-refractivity contribution in [3.8, 4) is 11.3 Å². The summed E-state index contributed by atoms with van der Waals surface area (Å²) in [5.41, 5.74) is 0.797. The van der Waals surface area contributed by atoms with Crippen LogP contribution in [0.4, 0.5) is 19.0 Å². The van der Waals surface area contributed by atoms with Crippen LogP contribution in [0.3, 0.4) is 0 Å². The van der Waals surface area contributed by atoms with E-state index in [4.69, 9.17) is 0 Å². The van der Waals surface area contributed by atoms with Gasteiger partial charge in [0.25, 0.3) is 0 Å². The minimum absolute atomic E-state index is 0.0950. The largest absolute Gasteiger partial charge is 0.417 e. The van der Waals surface area contributed by atoms with E-state index in [1.807, 2.05) is 12.1 Å². The molecular weight excluding hydrogens is 429 g/mol. The van der Waals surface area contributed by atoms with Gasteiger partial charge in [-0.3, -0.25) is 14.8 Å². The van der Waals surface area contributed by atoms with Crippen molar-refractivity contribution in [2.24, 2.45) is 5.92 Å². The van der Waals surface area contributed by atoms with Gasteiger partial charge in [0, 0.05) is 42.0 Å². The zero-order valence-corrected chi connectivity index (χ0v) is 18.1. The minimum atomic E-state index is -4.44. The van der Waals surface area contributed by atoms with Gasteiger partial charge in [0.05, 0.1) is 16.8 Å². The van der Waals surface area contributed by atoms with Crippen LogP contribution in [0.2, 0.25) is 0 Å². The molecule has 2 atom stereocenters. The SMILES string of the molecule is C=CC(=O)CC1CCC[C@@H](Nc2ncc(-c3ccc(C(F)(F)F)cn3)c3ncccc23)CC1. The van der Waals surface area contributed by atoms with Crippen molar-refractivity contribution in [2.75, 3.05) is 5.32 Å². The number of hydrogen-bond donors (Lipinski definition) is 1. The number of nitrogens with one attached hydrogen (secondary N) is 1. The Hall–Kier alpha value is -3.29. The predicted octanol–water partition coefficient (Wildman–Crippen LogP) is 6.22. The summed E-state index contributed by atoms with van der Waals surface area (Å²) in [5, 5.41) is 4.33. The highest BCUT2D eigenvalue weighted by Gasteiger charge is 2.31. The number of anilines is 1. The molecule has 1 fully saturated rings. The van der Waals surface area contributed by atoms with Crippen LogP contribution in [0.15, 0.2) is 55.5 Å². The molecule has 3 aromatic heterocycles. The standard InChI is InChI=1S/C25H25F3N4O/c1-2-19(33)13-16-5-3-6-18(10-8-16)32-24-20-7-4-12-29-23(20)21(15-31-24)22-11-9-17(14-30-22)25(26,27)28/h2,4,7,9,11-12,14-16,18H,1,3,5-6,8,10,13H2,(H,31,32)/t16?,18-/m1/s1. The number of rotatable bonds is 6. The van der Waals surface area contributed by atoms with Crippen LogP contribution in [0.1, 0.15) is 44.1 Å². The fraction of sp³-hybridized carbons (Fsp3) is 0.360. The maximum Gasteiger partial charge on any atom is 0.417 e. The van der Waals surface area contributed by atoms with Gasteiger partial charge in [-0.2, -0.15) is 13.2 Å². The lowest BCUT2D eigenvalue weighted by molar-refractivity contribution is -0.137. The number of fused-ring (bicyclic) bond motifs is 1. The number of hydrogen-bond acceptors (Lipinski definition) is 5. The molecule has 1 aliphatic carbocycles. The fourth-order valence-corrected chi connectivity index (χ4v) is 4.38. The van der Waals surface area contributed by atoms with Gasteiger partial charge in [0.15, 0.2) is 5.78 Å². The van der Waals surface area contributed by atoms with Crippen LogP contribution >= 0.6 is 0 Å². The van der Waals surface area contributed by atoms with Gasteiger partial charge in [-0.15, -0.1) is 0 Å². The van der Waals surface area contributed by atoms with Gasteiger partial charge in [0.2, 0.25) is 0 Å². The maximum absolute atomic E-state index is 12.9. The zero-order chi connectivity index (χ0) is 23.4. The summed E-state index contributed by atoms with van der Waals surface area (Å²) in [6.45, 7) is 3.56. The molecule has 0 spiro atoms. The summed E-state index contributed by atoms with van der Waals surface area (Å²) in [4.78, 5) is 24.8. The molecule has 0 saturated heterocycles. The van der Waals surface area contributed by atoms with Crippen molar-refractivity contribution in [1.29, 1.82) is 0 Å². The summed E-state index contributed by atoms with van der Waals surface area (Å²) in [5.74, 6) is 1.17. The highest BCUT2D eigenvalue weighted by atomic mass is 19.4. The number of carbonyl (C=O) groups is 1. The molecule has 0 amide bonds. The zero-order valence-electron chi connectivity index (χ0n) is 18.1. The number of alkyl halides is 3. The Morgan fingerprint density at radius 2 is 1.94 bits per heavy atom. The van der Waals surface area contributed by atoms with Crippen LogP contribution in [-0.4, -0.2) is 26.8 Å². The topological polar surface area (TPSA) is 67.8 Å². The fourth-order valence-electron chi connectivity index (χ4n) is 4.38. The van der Waals surface area contributed by atoms with Gasteiger partial charge >= 0.3 is 6.18 Å². The molecule has 0 radical (unpaired) electrons. The third kappa shape index (κ3) is 5.38. The van der Waals surface area contributed by atoms with E-state index in [-0.39, 0.29) is 11.8 Å². The van der Waals surface area contributed by atoms with Crippen LogP contribution < -0.4 is 5.32 Å². The van der Waals surface area contributed by atoms with E-state index in [2.05, 4.69) is 26.8 Å². The normalized spacial score (nSPS) is 19.1. The Morgan fingerprint density at radius 3 is 2.67 bits per heavy atom. The number of carbonyl (C=O) groups excluding carboxylic acids is 1. The maximum atomic E-state index is 12.9. The van der Waals surface area contributed by atoms with Crippen molar-refractivity contribution in [3.05, 3.63) is 61.1 Å². The molecule has 0 aliphatic heterocycles. The summed E-state index contributed by atoms with van der Waals surface area (Å²) in [6, 6.07) is 6.29. The number of allylic oxidation sites excluding steroid dienone is 1. The van der Waals surface area contributed by atoms with Crippen LogP contribution in [0.25, 0.3) is 22.2 Å². The molecule has 4 rings (SSSR count). The number of aromatic nitrogens is 3. The Kier molecular flexibility index (Phi) is 6.72. The third-order valence-corrected chi connectivity index (χ3v) is 6.15. The lowest BCUT2D eigenvalue weighted by Gasteiger charge is -2.19. The molecule has 1 unspecified atom stereocenters. The Labute approximate surface area is 190 Å². The lowest BCUT2D eigenvalue weighted by atomic mass is 9.94. The van der Waals surface area contributed by atoms with Crippen LogP contribution in [-0.2, 0) is 11.0 Å². The lowest BCUT2D eigenvalue weighted by Crippen LogP contribution is -2.19. The Morgan fingerprint density at radius 1 is 1.09 bits per heavy atom. The number of halogens is 3. The number of pyridine rings is 3. The van der Waals surface area contributed by atoms with Crippen molar-refractivity contribution in [3.63, 3.8) is 0 Å². The smallest absolute Gasteiger partial charge is 0.367 e. The van der Waals surface area contributed by atoms with E-state index in [1.165, 1.54) is 12.1 Å². The summed E-state index contributed by atoms with van der Waals surface area (Å²) < 4.78 is 38.7. The van der Waals surface area contributed by atoms with E-state index >= 15 is 0 Å². The predicted molar refractivity (Wildman–Crippen MR) is 122 cm³/mol. The number of ketones is 1. The second-order valence-electron chi connectivity index (χ2n) is 8.44. The molecule has 0 aromatic carbocycles. The molecular formula is C25H25F3N4O. The van der Waals surface area contributed by atoms with Gasteiger partial charge in [-0.25, -0.2) is 4.98 Å². The molecule has 1 N–H and O–H groups in total. The summed E-state index contributed by atoms with van der Waals surface area (Å²) in [6.07, 6.45) is 6.51. The monoisotopic (exact) mass is 454 g/mol. The van der Waals surface area contributed by atoms with Crippen molar-refractivity contribution in [1.82, 2.24) is 15.0 Å². The van der Waals surface area contributed by atoms with E-state index in [9.17, 15) is 18.0 Å². The van der Waals surface area contributed by atoms with Crippen molar-refractivity contribution in [2.45, 2.75) is 50.7 Å². The summed E-state index contributed by atoms with van der Waals surface area (Å²) >= 11 is 0. The van der Waals surface area contributed by atoms with Crippen molar-refractivity contribution >= 4 is 22.5 Å². The van der Waals surface area contributed by atoms with Gasteiger partial charge < -0.3 is 5.32 Å². The molecule has 8 heteroatoms. The minimum Gasteiger partial charge on any atom is -0.367 e. The Balaban J connectivity index is 1.56. The summed E-state index contributed by atoms with van der Waals surface area (Å²) in [7, 11) is 0. The molecule has 3 heterocycles. The average Bonchev–Trinajstić information content (AvgIpc) is 3.03. The average molecular weight is 454 g/mol. The van der Waals surface area contributed by atoms with Gasteiger partial charge in [-0.1, -0.05) is 13.0 Å². The molecule has 33 heavy (non-hydrogen) atoms. The highest BCUT2D eigenvalue weighted by Crippen LogP contribution is 2.34. The second-order valence-corrected chi connectivity index (χ2v) is 8.44. The van der Waals surface area contributed by atoms with Gasteiger partial charge in [-0.05, 0) is 61.9 Å². The first-order chi connectivity index (χ1) is 15.8. The molecule has 5 nitrogen and oxygen atoms in total. The Bertz CT molecular complexity index is 1140. The van der Waals surface area contributed by atoms with E-state index in [0.29, 0.717) is 34.9 Å². The molecule has 172 valence electrons. The molecule has 1 saturated carbocycles. The molecule has 0 bridgehead atoms.